The number of fused-ring (bicyclic) bond motifs is 1. The Labute approximate surface area is 113 Å². The molecule has 0 spiro atoms. The van der Waals surface area contributed by atoms with Crippen LogP contribution in [0.2, 0.25) is 0 Å². The van der Waals surface area contributed by atoms with E-state index in [2.05, 4.69) is 25.1 Å². The highest BCUT2D eigenvalue weighted by molar-refractivity contribution is 5.36. The first kappa shape index (κ1) is 12.2. The highest BCUT2D eigenvalue weighted by atomic mass is 16.5. The fraction of sp³-hybridized carbons (Fsp3) is 0.294. The van der Waals surface area contributed by atoms with Crippen molar-refractivity contribution in [2.75, 3.05) is 0 Å². The molecule has 2 nitrogen and oxygen atoms in total. The third-order valence-corrected chi connectivity index (χ3v) is 3.74. The minimum Gasteiger partial charge on any atom is -0.487 e. The lowest BCUT2D eigenvalue weighted by Gasteiger charge is -2.18. The molecule has 2 aromatic rings. The molecule has 2 heteroatoms. The largest absolute Gasteiger partial charge is 0.487 e. The van der Waals surface area contributed by atoms with Crippen molar-refractivity contribution in [2.45, 2.75) is 32.0 Å². The molecule has 0 fully saturated rings. The zero-order valence-electron chi connectivity index (χ0n) is 11.0. The Morgan fingerprint density at radius 1 is 1.16 bits per heavy atom. The molecule has 2 aromatic carbocycles. The van der Waals surface area contributed by atoms with E-state index in [9.17, 15) is 5.11 Å². The maximum Gasteiger partial charge on any atom is 0.133 e. The van der Waals surface area contributed by atoms with Crippen LogP contribution in [0.3, 0.4) is 0 Å². The van der Waals surface area contributed by atoms with Gasteiger partial charge in [0.15, 0.2) is 0 Å². The van der Waals surface area contributed by atoms with Crippen molar-refractivity contribution in [1.82, 2.24) is 0 Å². The number of aliphatic hydroxyl groups is 1. The maximum atomic E-state index is 10.3. The van der Waals surface area contributed by atoms with Gasteiger partial charge in [0, 0.05) is 6.42 Å². The summed E-state index contributed by atoms with van der Waals surface area (Å²) in [5, 5.41) is 10.3. The average molecular weight is 254 g/mol. The van der Waals surface area contributed by atoms with Gasteiger partial charge in [0.2, 0.25) is 0 Å². The van der Waals surface area contributed by atoms with E-state index in [0.717, 1.165) is 24.2 Å². The zero-order valence-corrected chi connectivity index (χ0v) is 11.0. The summed E-state index contributed by atoms with van der Waals surface area (Å²) in [6.07, 6.45) is 1.06. The monoisotopic (exact) mass is 254 g/mol. The van der Waals surface area contributed by atoms with E-state index in [4.69, 9.17) is 4.74 Å². The number of aliphatic hydroxyl groups excluding tert-OH is 1. The quantitative estimate of drug-likeness (QED) is 0.910. The lowest BCUT2D eigenvalue weighted by molar-refractivity contribution is 0.0493. The SMILES string of the molecule is CCc1cccc(OC2Cc3ccccc3C2O)c1. The number of hydrogen-bond donors (Lipinski definition) is 1. The molecular formula is C17H18O2. The Kier molecular flexibility index (Phi) is 3.26. The van der Waals surface area contributed by atoms with Crippen LogP contribution in [0.1, 0.15) is 29.7 Å². The maximum absolute atomic E-state index is 10.3. The Hall–Kier alpha value is -1.80. The van der Waals surface area contributed by atoms with E-state index >= 15 is 0 Å². The summed E-state index contributed by atoms with van der Waals surface area (Å²) >= 11 is 0. The molecule has 0 aromatic heterocycles. The third kappa shape index (κ3) is 2.36. The molecule has 2 atom stereocenters. The van der Waals surface area contributed by atoms with Gasteiger partial charge in [0.1, 0.15) is 18.0 Å². The predicted molar refractivity (Wildman–Crippen MR) is 75.3 cm³/mol. The van der Waals surface area contributed by atoms with Crippen molar-refractivity contribution in [3.05, 3.63) is 65.2 Å². The fourth-order valence-electron chi connectivity index (χ4n) is 2.66. The second kappa shape index (κ2) is 5.06. The van der Waals surface area contributed by atoms with Crippen molar-refractivity contribution in [2.24, 2.45) is 0 Å². The molecule has 0 bridgehead atoms. The molecule has 19 heavy (non-hydrogen) atoms. The van der Waals surface area contributed by atoms with E-state index in [-0.39, 0.29) is 6.10 Å². The molecule has 0 amide bonds. The molecule has 0 saturated carbocycles. The fourth-order valence-corrected chi connectivity index (χ4v) is 2.66. The number of benzene rings is 2. The van der Waals surface area contributed by atoms with Crippen molar-refractivity contribution < 1.29 is 9.84 Å². The minimum absolute atomic E-state index is 0.176. The van der Waals surface area contributed by atoms with Gasteiger partial charge in [-0.2, -0.15) is 0 Å². The standard InChI is InChI=1S/C17H18O2/c1-2-12-6-5-8-14(10-12)19-16-11-13-7-3-4-9-15(13)17(16)18/h3-10,16-18H,2,11H2,1H3. The number of hydrogen-bond acceptors (Lipinski definition) is 2. The summed E-state index contributed by atoms with van der Waals surface area (Å²) in [6, 6.07) is 16.1. The summed E-state index contributed by atoms with van der Waals surface area (Å²) in [7, 11) is 0. The summed E-state index contributed by atoms with van der Waals surface area (Å²) in [5.74, 6) is 0.844. The van der Waals surface area contributed by atoms with Crippen LogP contribution in [0.25, 0.3) is 0 Å². The molecule has 0 heterocycles. The van der Waals surface area contributed by atoms with Crippen LogP contribution in [0, 0.1) is 0 Å². The molecular weight excluding hydrogens is 236 g/mol. The van der Waals surface area contributed by atoms with Gasteiger partial charge < -0.3 is 9.84 Å². The van der Waals surface area contributed by atoms with Crippen LogP contribution in [0.4, 0.5) is 0 Å². The van der Waals surface area contributed by atoms with Gasteiger partial charge >= 0.3 is 0 Å². The molecule has 3 rings (SSSR count). The number of aryl methyl sites for hydroxylation is 1. The smallest absolute Gasteiger partial charge is 0.133 e. The minimum atomic E-state index is -0.526. The van der Waals surface area contributed by atoms with Crippen LogP contribution in [0.5, 0.6) is 5.75 Å². The van der Waals surface area contributed by atoms with Crippen LogP contribution >= 0.6 is 0 Å². The topological polar surface area (TPSA) is 29.5 Å². The van der Waals surface area contributed by atoms with E-state index < -0.39 is 6.10 Å². The molecule has 0 saturated heterocycles. The van der Waals surface area contributed by atoms with Crippen molar-refractivity contribution in [3.8, 4) is 5.75 Å². The van der Waals surface area contributed by atoms with E-state index in [0.29, 0.717) is 0 Å². The average Bonchev–Trinajstić information content (AvgIpc) is 2.76. The molecule has 1 N–H and O–H groups in total. The molecule has 1 aliphatic rings. The Morgan fingerprint density at radius 3 is 2.79 bits per heavy atom. The highest BCUT2D eigenvalue weighted by Gasteiger charge is 2.32. The van der Waals surface area contributed by atoms with Gasteiger partial charge in [-0.25, -0.2) is 0 Å². The first-order chi connectivity index (χ1) is 9.28. The van der Waals surface area contributed by atoms with Crippen LogP contribution in [0.15, 0.2) is 48.5 Å². The van der Waals surface area contributed by atoms with Crippen LogP contribution in [-0.4, -0.2) is 11.2 Å². The van der Waals surface area contributed by atoms with Gasteiger partial charge in [-0.3, -0.25) is 0 Å². The van der Waals surface area contributed by atoms with E-state index in [1.165, 1.54) is 11.1 Å². The van der Waals surface area contributed by atoms with Gasteiger partial charge in [-0.1, -0.05) is 43.3 Å². The zero-order chi connectivity index (χ0) is 13.2. The highest BCUT2D eigenvalue weighted by Crippen LogP contribution is 2.33. The third-order valence-electron chi connectivity index (χ3n) is 3.74. The van der Waals surface area contributed by atoms with Gasteiger partial charge in [-0.05, 0) is 35.2 Å². The number of rotatable bonds is 3. The lowest BCUT2D eigenvalue weighted by atomic mass is 10.1. The Balaban J connectivity index is 1.79. The van der Waals surface area contributed by atoms with Crippen molar-refractivity contribution in [1.29, 1.82) is 0 Å². The number of ether oxygens (including phenoxy) is 1. The molecule has 0 aliphatic heterocycles. The Bertz CT molecular complexity index is 577. The summed E-state index contributed by atoms with van der Waals surface area (Å²) in [4.78, 5) is 0. The second-order valence-corrected chi connectivity index (χ2v) is 5.01. The normalized spacial score (nSPS) is 21.2. The molecule has 98 valence electrons. The van der Waals surface area contributed by atoms with E-state index in [1.54, 1.807) is 0 Å². The van der Waals surface area contributed by atoms with Crippen molar-refractivity contribution in [3.63, 3.8) is 0 Å². The van der Waals surface area contributed by atoms with Crippen molar-refractivity contribution >= 4 is 0 Å². The summed E-state index contributed by atoms with van der Waals surface area (Å²) in [6.45, 7) is 2.12. The van der Waals surface area contributed by atoms with Gasteiger partial charge in [0.25, 0.3) is 0 Å². The predicted octanol–water partition coefficient (Wildman–Crippen LogP) is 3.29. The van der Waals surface area contributed by atoms with Crippen LogP contribution in [-0.2, 0) is 12.8 Å². The second-order valence-electron chi connectivity index (χ2n) is 5.01. The first-order valence-electron chi connectivity index (χ1n) is 6.79. The van der Waals surface area contributed by atoms with E-state index in [1.807, 2.05) is 30.3 Å². The summed E-state index contributed by atoms with van der Waals surface area (Å²) < 4.78 is 5.96. The van der Waals surface area contributed by atoms with Gasteiger partial charge in [-0.15, -0.1) is 0 Å². The molecule has 2 unspecified atom stereocenters. The van der Waals surface area contributed by atoms with Gasteiger partial charge in [0.05, 0.1) is 0 Å². The Morgan fingerprint density at radius 2 is 2.00 bits per heavy atom. The lowest BCUT2D eigenvalue weighted by Crippen LogP contribution is -2.21. The molecule has 1 aliphatic carbocycles. The van der Waals surface area contributed by atoms with Crippen LogP contribution < -0.4 is 4.74 Å². The molecule has 0 radical (unpaired) electrons. The summed E-state index contributed by atoms with van der Waals surface area (Å²) in [5.41, 5.74) is 3.44. The first-order valence-corrected chi connectivity index (χ1v) is 6.79.